The van der Waals surface area contributed by atoms with Crippen LogP contribution in [0.4, 0.5) is 0 Å². The quantitative estimate of drug-likeness (QED) is 0.483. The van der Waals surface area contributed by atoms with E-state index in [1.807, 2.05) is 24.3 Å². The molecule has 2 aromatic carbocycles. The third-order valence-corrected chi connectivity index (χ3v) is 3.77. The molecule has 0 radical (unpaired) electrons. The first-order chi connectivity index (χ1) is 12.6. The topological polar surface area (TPSA) is 52.6 Å². The van der Waals surface area contributed by atoms with E-state index in [9.17, 15) is 9.59 Å². The summed E-state index contributed by atoms with van der Waals surface area (Å²) in [6.45, 7) is 7.90. The molecule has 2 aromatic rings. The van der Waals surface area contributed by atoms with E-state index in [1.54, 1.807) is 36.4 Å². The van der Waals surface area contributed by atoms with Crippen molar-refractivity contribution in [2.45, 2.75) is 12.8 Å². The molecule has 0 N–H and O–H groups in total. The Balaban J connectivity index is 1.63. The fraction of sp³-hybridized carbons (Fsp3) is 0.182. The second-order valence-corrected chi connectivity index (χ2v) is 5.63. The van der Waals surface area contributed by atoms with Crippen molar-refractivity contribution in [1.82, 2.24) is 0 Å². The van der Waals surface area contributed by atoms with Crippen LogP contribution in [0.15, 0.2) is 61.7 Å². The maximum Gasteiger partial charge on any atom is 0.338 e. The third-order valence-electron chi connectivity index (χ3n) is 3.77. The standard InChI is InChI=1S/C22H22O4/c1-3-17-7-11-19(12-8-17)21(23)25-15-5-6-16-26-22(24)20-13-9-18(4-2)10-14-20/h3-4,7-14H,1-2,5-6,15-16H2. The molecule has 0 fully saturated rings. The van der Waals surface area contributed by atoms with Crippen molar-refractivity contribution in [3.05, 3.63) is 83.9 Å². The molecule has 0 aromatic heterocycles. The largest absolute Gasteiger partial charge is 0.462 e. The Morgan fingerprint density at radius 2 is 1.04 bits per heavy atom. The maximum absolute atomic E-state index is 11.9. The second-order valence-electron chi connectivity index (χ2n) is 5.63. The number of hydrogen-bond acceptors (Lipinski definition) is 4. The van der Waals surface area contributed by atoms with Crippen molar-refractivity contribution in [2.75, 3.05) is 13.2 Å². The number of benzene rings is 2. The van der Waals surface area contributed by atoms with Crippen molar-refractivity contribution >= 4 is 24.1 Å². The molecule has 26 heavy (non-hydrogen) atoms. The van der Waals surface area contributed by atoms with Gasteiger partial charge in [0.2, 0.25) is 0 Å². The highest BCUT2D eigenvalue weighted by Gasteiger charge is 2.08. The molecule has 0 saturated carbocycles. The maximum atomic E-state index is 11.9. The van der Waals surface area contributed by atoms with Crippen molar-refractivity contribution in [3.8, 4) is 0 Å². The highest BCUT2D eigenvalue weighted by molar-refractivity contribution is 5.90. The summed E-state index contributed by atoms with van der Waals surface area (Å²) >= 11 is 0. The van der Waals surface area contributed by atoms with Crippen LogP contribution in [0.3, 0.4) is 0 Å². The fourth-order valence-corrected chi connectivity index (χ4v) is 2.21. The van der Waals surface area contributed by atoms with E-state index >= 15 is 0 Å². The van der Waals surface area contributed by atoms with E-state index in [4.69, 9.17) is 9.47 Å². The Morgan fingerprint density at radius 1 is 0.692 bits per heavy atom. The van der Waals surface area contributed by atoms with Gasteiger partial charge in [-0.15, -0.1) is 0 Å². The first-order valence-electron chi connectivity index (χ1n) is 8.43. The van der Waals surface area contributed by atoms with Gasteiger partial charge < -0.3 is 9.47 Å². The van der Waals surface area contributed by atoms with E-state index in [0.29, 0.717) is 24.0 Å². The van der Waals surface area contributed by atoms with Crippen LogP contribution < -0.4 is 0 Å². The molecule has 0 unspecified atom stereocenters. The van der Waals surface area contributed by atoms with Gasteiger partial charge in [0.1, 0.15) is 0 Å². The SMILES string of the molecule is C=Cc1ccc(C(=O)OCCCCOC(=O)c2ccc(C=C)cc2)cc1. The van der Waals surface area contributed by atoms with Crippen molar-refractivity contribution in [3.63, 3.8) is 0 Å². The number of rotatable bonds is 9. The molecule has 2 rings (SSSR count). The van der Waals surface area contributed by atoms with Gasteiger partial charge in [0.25, 0.3) is 0 Å². The van der Waals surface area contributed by atoms with Gasteiger partial charge in [-0.1, -0.05) is 49.6 Å². The molecule has 134 valence electrons. The highest BCUT2D eigenvalue weighted by atomic mass is 16.5. The minimum Gasteiger partial charge on any atom is -0.462 e. The van der Waals surface area contributed by atoms with E-state index in [-0.39, 0.29) is 25.2 Å². The van der Waals surface area contributed by atoms with Gasteiger partial charge in [0.15, 0.2) is 0 Å². The van der Waals surface area contributed by atoms with Crippen LogP contribution in [0.2, 0.25) is 0 Å². The predicted molar refractivity (Wildman–Crippen MR) is 103 cm³/mol. The Labute approximate surface area is 153 Å². The normalized spacial score (nSPS) is 10.0. The summed E-state index contributed by atoms with van der Waals surface area (Å²) in [7, 11) is 0. The van der Waals surface area contributed by atoms with Crippen LogP contribution in [-0.2, 0) is 9.47 Å². The fourth-order valence-electron chi connectivity index (χ4n) is 2.21. The number of carbonyl (C=O) groups is 2. The summed E-state index contributed by atoms with van der Waals surface area (Å²) in [5, 5.41) is 0. The molecule has 0 heterocycles. The number of hydrogen-bond donors (Lipinski definition) is 0. The Bertz CT molecular complexity index is 690. The molecule has 4 heteroatoms. The first kappa shape index (κ1) is 19.2. The lowest BCUT2D eigenvalue weighted by Gasteiger charge is -2.07. The minimum atomic E-state index is -0.361. The van der Waals surface area contributed by atoms with Gasteiger partial charge in [-0.2, -0.15) is 0 Å². The van der Waals surface area contributed by atoms with Gasteiger partial charge in [0, 0.05) is 0 Å². The van der Waals surface area contributed by atoms with Gasteiger partial charge in [-0.3, -0.25) is 0 Å². The van der Waals surface area contributed by atoms with Crippen molar-refractivity contribution in [2.24, 2.45) is 0 Å². The molecule has 4 nitrogen and oxygen atoms in total. The van der Waals surface area contributed by atoms with Crippen molar-refractivity contribution < 1.29 is 19.1 Å². The summed E-state index contributed by atoms with van der Waals surface area (Å²) in [6, 6.07) is 14.1. The van der Waals surface area contributed by atoms with Crippen LogP contribution in [-0.4, -0.2) is 25.2 Å². The lowest BCUT2D eigenvalue weighted by molar-refractivity contribution is 0.0432. The number of ether oxygens (including phenoxy) is 2. The van der Waals surface area contributed by atoms with E-state index in [2.05, 4.69) is 13.2 Å². The highest BCUT2D eigenvalue weighted by Crippen LogP contribution is 2.09. The zero-order chi connectivity index (χ0) is 18.8. The smallest absolute Gasteiger partial charge is 0.338 e. The van der Waals surface area contributed by atoms with Crippen LogP contribution in [0.25, 0.3) is 12.2 Å². The van der Waals surface area contributed by atoms with Gasteiger partial charge in [-0.25, -0.2) is 9.59 Å². The van der Waals surface area contributed by atoms with Crippen LogP contribution in [0.1, 0.15) is 44.7 Å². The van der Waals surface area contributed by atoms with Crippen molar-refractivity contribution in [1.29, 1.82) is 0 Å². The summed E-state index contributed by atoms with van der Waals surface area (Å²) in [5.74, 6) is -0.722. The predicted octanol–water partition coefficient (Wildman–Crippen LogP) is 4.77. The Kier molecular flexibility index (Phi) is 7.37. The lowest BCUT2D eigenvalue weighted by Crippen LogP contribution is -2.09. The van der Waals surface area contributed by atoms with Gasteiger partial charge in [0.05, 0.1) is 24.3 Å². The van der Waals surface area contributed by atoms with Crippen LogP contribution in [0.5, 0.6) is 0 Å². The molecule has 0 aliphatic rings. The number of carbonyl (C=O) groups excluding carboxylic acids is 2. The Hall–Kier alpha value is -3.14. The molecule has 0 spiro atoms. The van der Waals surface area contributed by atoms with E-state index in [1.165, 1.54) is 0 Å². The summed E-state index contributed by atoms with van der Waals surface area (Å²) in [4.78, 5) is 23.8. The third kappa shape index (κ3) is 5.74. The molecule has 0 atom stereocenters. The van der Waals surface area contributed by atoms with Gasteiger partial charge in [-0.05, 0) is 48.2 Å². The summed E-state index contributed by atoms with van der Waals surface area (Å²) in [5.41, 5.74) is 2.90. The van der Waals surface area contributed by atoms with Crippen LogP contribution in [0, 0.1) is 0 Å². The average molecular weight is 350 g/mol. The van der Waals surface area contributed by atoms with E-state index in [0.717, 1.165) is 11.1 Å². The second kappa shape index (κ2) is 9.99. The molecule has 0 aliphatic carbocycles. The Morgan fingerprint density at radius 3 is 1.35 bits per heavy atom. The summed E-state index contributed by atoms with van der Waals surface area (Å²) < 4.78 is 10.4. The minimum absolute atomic E-state index is 0.285. The van der Waals surface area contributed by atoms with Crippen LogP contribution >= 0.6 is 0 Å². The van der Waals surface area contributed by atoms with E-state index < -0.39 is 0 Å². The average Bonchev–Trinajstić information content (AvgIpc) is 2.70. The molecular weight excluding hydrogens is 328 g/mol. The summed E-state index contributed by atoms with van der Waals surface area (Å²) in [6.07, 6.45) is 4.67. The molecule has 0 aliphatic heterocycles. The molecular formula is C22H22O4. The molecule has 0 saturated heterocycles. The zero-order valence-electron chi connectivity index (χ0n) is 14.6. The first-order valence-corrected chi connectivity index (χ1v) is 8.43. The molecule has 0 bridgehead atoms. The molecule has 0 amide bonds. The number of esters is 2. The lowest BCUT2D eigenvalue weighted by atomic mass is 10.1. The van der Waals surface area contributed by atoms with Gasteiger partial charge >= 0.3 is 11.9 Å². The monoisotopic (exact) mass is 350 g/mol. The zero-order valence-corrected chi connectivity index (χ0v) is 14.6. The number of unbranched alkanes of at least 4 members (excludes halogenated alkanes) is 1.